The molecule has 4 aromatic rings. The summed E-state index contributed by atoms with van der Waals surface area (Å²) in [5.41, 5.74) is 0.867. The molecule has 0 aliphatic heterocycles. The summed E-state index contributed by atoms with van der Waals surface area (Å²) in [6, 6.07) is 12.2. The zero-order valence-corrected chi connectivity index (χ0v) is 22.5. The molecule has 1 atom stereocenters. The molecule has 0 aliphatic carbocycles. The molecule has 1 aromatic heterocycles. The van der Waals surface area contributed by atoms with Crippen LogP contribution in [0.25, 0.3) is 11.1 Å². The van der Waals surface area contributed by atoms with E-state index in [2.05, 4.69) is 15.0 Å². The number of amides is 1. The average molecular weight is 660 g/mol. The Morgan fingerprint density at radius 2 is 1.86 bits per heavy atom. The first-order chi connectivity index (χ1) is 17.0. The minimum absolute atomic E-state index is 0.0291. The average Bonchev–Trinajstić information content (AvgIpc) is 3.29. The van der Waals surface area contributed by atoms with Crippen LogP contribution in [0.1, 0.15) is 15.9 Å². The Bertz CT molecular complexity index is 1590. The van der Waals surface area contributed by atoms with Crippen molar-refractivity contribution in [1.29, 1.82) is 0 Å². The van der Waals surface area contributed by atoms with Gasteiger partial charge in [0.1, 0.15) is 16.5 Å². The molecule has 1 heterocycles. The van der Waals surface area contributed by atoms with Crippen LogP contribution in [0.15, 0.2) is 70.3 Å². The SMILES string of the molecule is O=C(N[C@@H](Cc1ccc(Cl)c(Cl)c1)C(=O)O)c1ccc(I)cc1NS(=O)(=O)c1cccc2ocnc12. The summed E-state index contributed by atoms with van der Waals surface area (Å²) in [7, 11) is -4.18. The standard InChI is InChI=1S/C23H16Cl2IN3O6S/c24-15-7-4-12(8-16(15)25)9-18(23(31)32)28-22(30)14-6-5-13(26)10-17(14)29-36(33,34)20-3-1-2-19-21(20)27-11-35-19/h1-8,10-11,18,29H,9H2,(H,28,30)(H,31,32)/t18-/m0/s1. The zero-order chi connectivity index (χ0) is 26.0. The van der Waals surface area contributed by atoms with Crippen molar-refractivity contribution >= 4 is 84.5 Å². The van der Waals surface area contributed by atoms with Crippen LogP contribution in [0.2, 0.25) is 10.0 Å². The van der Waals surface area contributed by atoms with E-state index in [1.807, 2.05) is 22.6 Å². The topological polar surface area (TPSA) is 139 Å². The third-order valence-corrected chi connectivity index (χ3v) is 7.92. The summed E-state index contributed by atoms with van der Waals surface area (Å²) < 4.78 is 34.6. The molecule has 0 fully saturated rings. The highest BCUT2D eigenvalue weighted by Gasteiger charge is 2.26. The van der Waals surface area contributed by atoms with Gasteiger partial charge in [-0.3, -0.25) is 9.52 Å². The number of carboxylic acids is 1. The van der Waals surface area contributed by atoms with Gasteiger partial charge in [-0.05, 0) is 70.6 Å². The Morgan fingerprint density at radius 1 is 1.08 bits per heavy atom. The van der Waals surface area contributed by atoms with Gasteiger partial charge in [-0.25, -0.2) is 18.2 Å². The lowest BCUT2D eigenvalue weighted by Gasteiger charge is -2.17. The molecule has 186 valence electrons. The van der Waals surface area contributed by atoms with Crippen LogP contribution < -0.4 is 10.0 Å². The van der Waals surface area contributed by atoms with Gasteiger partial charge >= 0.3 is 5.97 Å². The number of hydrogen-bond acceptors (Lipinski definition) is 6. The molecule has 13 heteroatoms. The minimum atomic E-state index is -4.18. The van der Waals surface area contributed by atoms with Crippen LogP contribution in [0, 0.1) is 3.57 Å². The number of aliphatic carboxylic acids is 1. The molecule has 3 aromatic carbocycles. The predicted molar refractivity (Wildman–Crippen MR) is 143 cm³/mol. The summed E-state index contributed by atoms with van der Waals surface area (Å²) in [5.74, 6) is -2.06. The lowest BCUT2D eigenvalue weighted by molar-refractivity contribution is -0.139. The second-order valence-corrected chi connectivity index (χ2v) is 11.3. The molecule has 0 unspecified atom stereocenters. The van der Waals surface area contributed by atoms with Crippen molar-refractivity contribution in [2.75, 3.05) is 4.72 Å². The van der Waals surface area contributed by atoms with E-state index >= 15 is 0 Å². The van der Waals surface area contributed by atoms with Crippen molar-refractivity contribution in [2.24, 2.45) is 0 Å². The van der Waals surface area contributed by atoms with Gasteiger partial charge in [0.2, 0.25) is 0 Å². The molecule has 4 rings (SSSR count). The van der Waals surface area contributed by atoms with Crippen molar-refractivity contribution < 1.29 is 27.5 Å². The Balaban J connectivity index is 1.62. The number of hydrogen-bond donors (Lipinski definition) is 3. The van der Waals surface area contributed by atoms with Crippen LogP contribution >= 0.6 is 45.8 Å². The zero-order valence-electron chi connectivity index (χ0n) is 18.0. The molecule has 36 heavy (non-hydrogen) atoms. The number of nitrogens with zero attached hydrogens (tertiary/aromatic N) is 1. The second kappa shape index (κ2) is 10.6. The highest BCUT2D eigenvalue weighted by atomic mass is 127. The quantitative estimate of drug-likeness (QED) is 0.227. The summed E-state index contributed by atoms with van der Waals surface area (Å²) >= 11 is 13.9. The predicted octanol–water partition coefficient (Wildman–Crippen LogP) is 4.97. The molecule has 3 N–H and O–H groups in total. The number of para-hydroxylation sites is 1. The summed E-state index contributed by atoms with van der Waals surface area (Å²) in [4.78, 5) is 28.8. The van der Waals surface area contributed by atoms with Crippen molar-refractivity contribution in [2.45, 2.75) is 17.4 Å². The first-order valence-corrected chi connectivity index (χ1v) is 13.5. The molecular formula is C23H16Cl2IN3O6S. The number of benzene rings is 3. The smallest absolute Gasteiger partial charge is 0.326 e. The van der Waals surface area contributed by atoms with Gasteiger partial charge in [0.15, 0.2) is 12.0 Å². The Hall–Kier alpha value is -2.87. The fourth-order valence-electron chi connectivity index (χ4n) is 3.41. The fraction of sp³-hybridized carbons (Fsp3) is 0.0870. The second-order valence-electron chi connectivity index (χ2n) is 7.57. The Morgan fingerprint density at radius 3 is 2.58 bits per heavy atom. The number of rotatable bonds is 8. The van der Waals surface area contributed by atoms with Crippen LogP contribution in [-0.4, -0.2) is 36.4 Å². The third kappa shape index (κ3) is 5.75. The molecule has 0 spiro atoms. The first kappa shape index (κ1) is 26.2. The molecular weight excluding hydrogens is 644 g/mol. The summed E-state index contributed by atoms with van der Waals surface area (Å²) in [6.07, 6.45) is 1.06. The number of sulfonamides is 1. The largest absolute Gasteiger partial charge is 0.480 e. The highest BCUT2D eigenvalue weighted by Crippen LogP contribution is 2.27. The van der Waals surface area contributed by atoms with E-state index in [4.69, 9.17) is 27.6 Å². The summed E-state index contributed by atoms with van der Waals surface area (Å²) in [5, 5.41) is 12.7. The molecule has 0 aliphatic rings. The normalized spacial score (nSPS) is 12.3. The molecule has 1 amide bonds. The van der Waals surface area contributed by atoms with Crippen LogP contribution in [0.5, 0.6) is 0 Å². The van der Waals surface area contributed by atoms with E-state index in [1.165, 1.54) is 36.4 Å². The van der Waals surface area contributed by atoms with Crippen LogP contribution in [0.4, 0.5) is 5.69 Å². The van der Waals surface area contributed by atoms with E-state index in [-0.39, 0.29) is 38.7 Å². The number of fused-ring (bicyclic) bond motifs is 1. The number of anilines is 1. The molecule has 0 saturated heterocycles. The Labute approximate surface area is 229 Å². The van der Waals surface area contributed by atoms with Gasteiger partial charge in [-0.15, -0.1) is 0 Å². The lowest BCUT2D eigenvalue weighted by Crippen LogP contribution is -2.42. The van der Waals surface area contributed by atoms with E-state index in [0.29, 0.717) is 14.2 Å². The van der Waals surface area contributed by atoms with E-state index in [9.17, 15) is 23.1 Å². The number of halogens is 3. The Kier molecular flexibility index (Phi) is 7.73. The van der Waals surface area contributed by atoms with E-state index in [0.717, 1.165) is 6.39 Å². The van der Waals surface area contributed by atoms with Gasteiger partial charge in [-0.1, -0.05) is 35.3 Å². The number of nitrogens with one attached hydrogen (secondary N) is 2. The van der Waals surface area contributed by atoms with E-state index < -0.39 is 27.9 Å². The van der Waals surface area contributed by atoms with Gasteiger partial charge in [0, 0.05) is 9.99 Å². The fourth-order valence-corrected chi connectivity index (χ4v) is 5.46. The number of carbonyl (C=O) groups is 2. The van der Waals surface area contributed by atoms with Gasteiger partial charge in [-0.2, -0.15) is 0 Å². The molecule has 0 saturated carbocycles. The van der Waals surface area contributed by atoms with Crippen LogP contribution in [0.3, 0.4) is 0 Å². The molecule has 0 radical (unpaired) electrons. The van der Waals surface area contributed by atoms with Crippen molar-refractivity contribution in [1.82, 2.24) is 10.3 Å². The number of oxazole rings is 1. The highest BCUT2D eigenvalue weighted by molar-refractivity contribution is 14.1. The third-order valence-electron chi connectivity index (χ3n) is 5.11. The first-order valence-electron chi connectivity index (χ1n) is 10.2. The molecule has 0 bridgehead atoms. The van der Waals surface area contributed by atoms with Crippen molar-refractivity contribution in [3.05, 3.63) is 85.7 Å². The lowest BCUT2D eigenvalue weighted by atomic mass is 10.1. The minimum Gasteiger partial charge on any atom is -0.480 e. The summed E-state index contributed by atoms with van der Waals surface area (Å²) in [6.45, 7) is 0. The van der Waals surface area contributed by atoms with Gasteiger partial charge in [0.25, 0.3) is 15.9 Å². The number of aromatic nitrogens is 1. The maximum Gasteiger partial charge on any atom is 0.326 e. The van der Waals surface area contributed by atoms with E-state index in [1.54, 1.807) is 18.2 Å². The monoisotopic (exact) mass is 659 g/mol. The van der Waals surface area contributed by atoms with Crippen molar-refractivity contribution in [3.63, 3.8) is 0 Å². The number of carbonyl (C=O) groups excluding carboxylic acids is 1. The number of carboxylic acid groups (broad SMARTS) is 1. The maximum absolute atomic E-state index is 13.2. The van der Waals surface area contributed by atoms with Crippen molar-refractivity contribution in [3.8, 4) is 0 Å². The van der Waals surface area contributed by atoms with Gasteiger partial charge < -0.3 is 14.8 Å². The van der Waals surface area contributed by atoms with Gasteiger partial charge in [0.05, 0.1) is 21.3 Å². The maximum atomic E-state index is 13.2. The van der Waals surface area contributed by atoms with Crippen LogP contribution in [-0.2, 0) is 21.2 Å². The molecule has 9 nitrogen and oxygen atoms in total.